The van der Waals surface area contributed by atoms with E-state index in [-0.39, 0.29) is 11.2 Å². The average molecular weight is 456 g/mol. The highest BCUT2D eigenvalue weighted by atomic mass is 79.9. The lowest BCUT2D eigenvalue weighted by molar-refractivity contribution is -0.105. The summed E-state index contributed by atoms with van der Waals surface area (Å²) in [6.45, 7) is 0. The summed E-state index contributed by atoms with van der Waals surface area (Å²) in [6, 6.07) is 0. The van der Waals surface area contributed by atoms with E-state index in [1.807, 2.05) is 0 Å². The van der Waals surface area contributed by atoms with Crippen molar-refractivity contribution in [2.45, 2.75) is 49.1 Å². The SMILES string of the molecule is BrC[C@]12O[C@H]3CC[C@H]4[C@@H]3[C@@H]1[C@@H]1[C@H]3[C@H]5[C@H]6[C@@H](CC[C@H]6O[C@@]5(CBr)[C@@H]41)[C@H]32. The predicted molar refractivity (Wildman–Crippen MR) is 96.2 cm³/mol. The number of halogens is 2. The van der Waals surface area contributed by atoms with Crippen molar-refractivity contribution in [2.24, 2.45) is 59.2 Å². The van der Waals surface area contributed by atoms with Gasteiger partial charge in [-0.3, -0.25) is 0 Å². The Labute approximate surface area is 160 Å². The number of hydrogen-bond acceptors (Lipinski definition) is 2. The lowest BCUT2D eigenvalue weighted by Gasteiger charge is -2.39. The molecule has 2 nitrogen and oxygen atoms in total. The van der Waals surface area contributed by atoms with Crippen LogP contribution in [-0.4, -0.2) is 34.1 Å². The Morgan fingerprint density at radius 2 is 1.08 bits per heavy atom. The molecule has 2 saturated heterocycles. The van der Waals surface area contributed by atoms with Gasteiger partial charge in [0.15, 0.2) is 0 Å². The summed E-state index contributed by atoms with van der Waals surface area (Å²) in [6.07, 6.45) is 6.61. The minimum absolute atomic E-state index is 0.195. The maximum atomic E-state index is 7.06. The second kappa shape index (κ2) is 3.86. The minimum atomic E-state index is 0.195. The molecular weight excluding hydrogens is 432 g/mol. The summed E-state index contributed by atoms with van der Waals surface area (Å²) in [5.41, 5.74) is 0.390. The molecule has 0 aromatic heterocycles. The molecule has 0 N–H and O–H groups in total. The van der Waals surface area contributed by atoms with Crippen LogP contribution >= 0.6 is 31.9 Å². The molecule has 0 bridgehead atoms. The fraction of sp³-hybridized carbons (Fsp3) is 1.00. The van der Waals surface area contributed by atoms with Crippen molar-refractivity contribution in [1.82, 2.24) is 0 Å². The highest BCUT2D eigenvalue weighted by Crippen LogP contribution is 2.86. The monoisotopic (exact) mass is 454 g/mol. The van der Waals surface area contributed by atoms with Gasteiger partial charge in [-0.1, -0.05) is 31.9 Å². The Kier molecular flexibility index (Phi) is 2.25. The first-order valence-electron chi connectivity index (χ1n) is 10.2. The van der Waals surface area contributed by atoms with Gasteiger partial charge < -0.3 is 9.47 Å². The van der Waals surface area contributed by atoms with Crippen molar-refractivity contribution in [2.75, 3.05) is 10.7 Å². The third kappa shape index (κ3) is 1.03. The molecule has 8 aliphatic rings. The van der Waals surface area contributed by atoms with Gasteiger partial charge >= 0.3 is 0 Å². The van der Waals surface area contributed by atoms with Gasteiger partial charge in [-0.15, -0.1) is 0 Å². The maximum absolute atomic E-state index is 7.06. The first-order valence-corrected chi connectivity index (χ1v) is 12.5. The molecule has 0 amide bonds. The second-order valence-electron chi connectivity index (χ2n) is 10.4. The van der Waals surface area contributed by atoms with E-state index in [1.165, 1.54) is 25.7 Å². The van der Waals surface area contributed by atoms with Crippen molar-refractivity contribution in [3.05, 3.63) is 0 Å². The Morgan fingerprint density at radius 3 is 1.50 bits per heavy atom. The first-order chi connectivity index (χ1) is 11.8. The third-order valence-corrected chi connectivity index (χ3v) is 12.4. The van der Waals surface area contributed by atoms with Crippen LogP contribution in [-0.2, 0) is 9.47 Å². The van der Waals surface area contributed by atoms with Crippen LogP contribution in [0.5, 0.6) is 0 Å². The Bertz CT molecular complexity index is 614. The van der Waals surface area contributed by atoms with Gasteiger partial charge in [0.2, 0.25) is 0 Å². The van der Waals surface area contributed by atoms with Crippen molar-refractivity contribution >= 4 is 31.9 Å². The fourth-order valence-corrected chi connectivity index (χ4v) is 12.8. The summed E-state index contributed by atoms with van der Waals surface area (Å²) in [7, 11) is 0. The molecule has 0 spiro atoms. The van der Waals surface area contributed by atoms with E-state index in [0.717, 1.165) is 69.8 Å². The van der Waals surface area contributed by atoms with Crippen LogP contribution in [0.25, 0.3) is 0 Å². The van der Waals surface area contributed by atoms with E-state index in [9.17, 15) is 0 Å². The summed E-state index contributed by atoms with van der Waals surface area (Å²) >= 11 is 7.98. The van der Waals surface area contributed by atoms with Crippen LogP contribution in [0.15, 0.2) is 0 Å². The van der Waals surface area contributed by atoms with Gasteiger partial charge in [0.1, 0.15) is 0 Å². The molecule has 24 heavy (non-hydrogen) atoms. The lowest BCUT2D eigenvalue weighted by atomic mass is 9.72. The summed E-state index contributed by atoms with van der Waals surface area (Å²) in [5.74, 6) is 8.72. The third-order valence-electron chi connectivity index (χ3n) is 10.7. The van der Waals surface area contributed by atoms with Crippen LogP contribution < -0.4 is 0 Å². The van der Waals surface area contributed by atoms with Gasteiger partial charge in [-0.05, 0) is 84.9 Å². The van der Waals surface area contributed by atoms with Crippen molar-refractivity contribution in [1.29, 1.82) is 0 Å². The molecular formula is C20H24Br2O2. The summed E-state index contributed by atoms with van der Waals surface area (Å²) < 4.78 is 14.1. The smallest absolute Gasteiger partial charge is 0.0850 e. The van der Waals surface area contributed by atoms with E-state index in [2.05, 4.69) is 31.9 Å². The number of hydrogen-bond donors (Lipinski definition) is 0. The van der Waals surface area contributed by atoms with Crippen LogP contribution in [0.2, 0.25) is 0 Å². The minimum Gasteiger partial charge on any atom is -0.370 e. The Morgan fingerprint density at radius 1 is 0.625 bits per heavy atom. The zero-order valence-electron chi connectivity index (χ0n) is 13.7. The number of alkyl halides is 2. The average Bonchev–Trinajstić information content (AvgIpc) is 3.36. The standard InChI is InChI=1S/C20H24Br2O2/c21-5-19-15-7-1-3-9-11(7)17-13(15)14-16(20(17,6-22)23-9)8-2-4-10(24-19)12(8)18(14)19/h7-18H,1-6H2/t7-,8+,9-,10+,11-,12-,13+,14+,15-,16+,17+,18+,19-,20+/m0/s1. The highest BCUT2D eigenvalue weighted by Gasteiger charge is 2.89. The van der Waals surface area contributed by atoms with E-state index in [0.29, 0.717) is 12.2 Å². The van der Waals surface area contributed by atoms with E-state index >= 15 is 0 Å². The molecule has 2 aliphatic heterocycles. The first kappa shape index (κ1) is 14.0. The van der Waals surface area contributed by atoms with Gasteiger partial charge in [0, 0.05) is 10.7 Å². The molecule has 0 aromatic rings. The van der Waals surface area contributed by atoms with Crippen molar-refractivity contribution < 1.29 is 9.47 Å². The number of ether oxygens (including phenoxy) is 2. The molecule has 8 rings (SSSR count). The molecule has 130 valence electrons. The van der Waals surface area contributed by atoms with E-state index in [1.54, 1.807) is 0 Å². The molecule has 2 heterocycles. The van der Waals surface area contributed by atoms with Gasteiger partial charge in [-0.25, -0.2) is 0 Å². The maximum Gasteiger partial charge on any atom is 0.0850 e. The molecule has 4 heteroatoms. The number of fused-ring (bicyclic) bond motifs is 4. The van der Waals surface area contributed by atoms with Gasteiger partial charge in [0.25, 0.3) is 0 Å². The van der Waals surface area contributed by atoms with E-state index < -0.39 is 0 Å². The second-order valence-corrected chi connectivity index (χ2v) is 11.5. The Hall–Kier alpha value is 0.880. The molecule has 6 saturated carbocycles. The molecule has 0 aromatic carbocycles. The quantitative estimate of drug-likeness (QED) is 0.588. The van der Waals surface area contributed by atoms with Crippen LogP contribution in [0.1, 0.15) is 25.7 Å². The van der Waals surface area contributed by atoms with Crippen LogP contribution in [0.4, 0.5) is 0 Å². The fourth-order valence-electron chi connectivity index (χ4n) is 11.1. The molecule has 0 unspecified atom stereocenters. The summed E-state index contributed by atoms with van der Waals surface area (Å²) in [4.78, 5) is 0. The molecule has 8 fully saturated rings. The molecule has 6 aliphatic carbocycles. The van der Waals surface area contributed by atoms with Crippen LogP contribution in [0.3, 0.4) is 0 Å². The lowest BCUT2D eigenvalue weighted by Crippen LogP contribution is -2.46. The number of rotatable bonds is 2. The largest absolute Gasteiger partial charge is 0.370 e. The van der Waals surface area contributed by atoms with Gasteiger partial charge in [-0.2, -0.15) is 0 Å². The van der Waals surface area contributed by atoms with Crippen molar-refractivity contribution in [3.8, 4) is 0 Å². The van der Waals surface area contributed by atoms with Crippen LogP contribution in [0, 0.1) is 59.2 Å². The van der Waals surface area contributed by atoms with E-state index in [4.69, 9.17) is 9.47 Å². The van der Waals surface area contributed by atoms with Gasteiger partial charge in [0.05, 0.1) is 23.4 Å². The normalized spacial score (nSPS) is 77.2. The molecule has 14 atom stereocenters. The molecule has 0 radical (unpaired) electrons. The topological polar surface area (TPSA) is 18.5 Å². The predicted octanol–water partition coefficient (Wildman–Crippen LogP) is 3.86. The zero-order valence-corrected chi connectivity index (χ0v) is 16.9. The Balaban J connectivity index is 1.44. The summed E-state index contributed by atoms with van der Waals surface area (Å²) in [5, 5.41) is 2.19. The zero-order chi connectivity index (χ0) is 15.6. The highest BCUT2D eigenvalue weighted by molar-refractivity contribution is 9.09. The van der Waals surface area contributed by atoms with Crippen molar-refractivity contribution in [3.63, 3.8) is 0 Å².